The zero-order valence-electron chi connectivity index (χ0n) is 11.8. The van der Waals surface area contributed by atoms with Crippen molar-refractivity contribution in [2.24, 2.45) is 4.76 Å². The second-order valence-electron chi connectivity index (χ2n) is 5.06. The summed E-state index contributed by atoms with van der Waals surface area (Å²) in [5.74, 6) is 0.288. The molecule has 2 heterocycles. The molecule has 2 unspecified atom stereocenters. The SMILES string of the molecule is O=P1(O)Oc2ccccc2C2=CC=NP(=O)(c3ccccc3)N21. The van der Waals surface area contributed by atoms with Gasteiger partial charge in [0.1, 0.15) is 5.75 Å². The van der Waals surface area contributed by atoms with Gasteiger partial charge in [-0.25, -0.2) is 9.33 Å². The van der Waals surface area contributed by atoms with Crippen molar-refractivity contribution < 1.29 is 18.5 Å². The summed E-state index contributed by atoms with van der Waals surface area (Å²) >= 11 is 0. The summed E-state index contributed by atoms with van der Waals surface area (Å²) in [4.78, 5) is 10.4. The van der Waals surface area contributed by atoms with Crippen LogP contribution in [0.25, 0.3) is 5.70 Å². The predicted molar refractivity (Wildman–Crippen MR) is 88.9 cm³/mol. The normalized spacial score (nSPS) is 28.4. The fourth-order valence-electron chi connectivity index (χ4n) is 2.67. The third-order valence-corrected chi connectivity index (χ3v) is 8.32. The zero-order valence-corrected chi connectivity index (χ0v) is 13.6. The van der Waals surface area contributed by atoms with E-state index in [0.717, 1.165) is 4.44 Å². The molecule has 2 aliphatic rings. The molecule has 0 fully saturated rings. The number of benzene rings is 2. The molecule has 0 saturated carbocycles. The van der Waals surface area contributed by atoms with E-state index in [0.29, 0.717) is 16.6 Å². The van der Waals surface area contributed by atoms with Gasteiger partial charge in [0.05, 0.1) is 11.0 Å². The lowest BCUT2D eigenvalue weighted by Crippen LogP contribution is -2.28. The highest BCUT2D eigenvalue weighted by Crippen LogP contribution is 2.71. The van der Waals surface area contributed by atoms with Crippen molar-refractivity contribution in [2.75, 3.05) is 0 Å². The molecular formula is C15H12N2O4P2. The number of para-hydroxylation sites is 1. The molecule has 1 N–H and O–H groups in total. The van der Waals surface area contributed by atoms with E-state index >= 15 is 0 Å². The summed E-state index contributed by atoms with van der Waals surface area (Å²) in [6, 6.07) is 15.3. The third kappa shape index (κ3) is 2.11. The van der Waals surface area contributed by atoms with E-state index in [1.807, 2.05) is 0 Å². The lowest BCUT2D eigenvalue weighted by Gasteiger charge is -2.39. The van der Waals surface area contributed by atoms with Crippen LogP contribution >= 0.6 is 15.2 Å². The predicted octanol–water partition coefficient (Wildman–Crippen LogP) is 3.43. The average molecular weight is 346 g/mol. The third-order valence-electron chi connectivity index (χ3n) is 3.64. The quantitative estimate of drug-likeness (QED) is 0.801. The molecule has 0 aliphatic carbocycles. The summed E-state index contributed by atoms with van der Waals surface area (Å²) in [5.41, 5.74) is 0.982. The number of hydrogen-bond donors (Lipinski definition) is 1. The highest BCUT2D eigenvalue weighted by molar-refractivity contribution is 7.77. The lowest BCUT2D eigenvalue weighted by molar-refractivity contribution is 0.341. The molecule has 0 radical (unpaired) electrons. The molecule has 2 aromatic rings. The molecule has 0 aromatic heterocycles. The summed E-state index contributed by atoms with van der Waals surface area (Å²) in [6.07, 6.45) is 2.99. The van der Waals surface area contributed by atoms with Crippen LogP contribution in [0.3, 0.4) is 0 Å². The van der Waals surface area contributed by atoms with Crippen LogP contribution in [0.2, 0.25) is 0 Å². The molecule has 8 heteroatoms. The van der Waals surface area contributed by atoms with Crippen molar-refractivity contribution in [3.8, 4) is 5.75 Å². The highest BCUT2D eigenvalue weighted by Gasteiger charge is 2.51. The Hall–Kier alpha value is -2.13. The van der Waals surface area contributed by atoms with Crippen LogP contribution in [-0.4, -0.2) is 15.5 Å². The van der Waals surface area contributed by atoms with E-state index in [1.54, 1.807) is 60.7 Å². The summed E-state index contributed by atoms with van der Waals surface area (Å²) < 4.78 is 36.5. The van der Waals surface area contributed by atoms with Gasteiger partial charge in [0.2, 0.25) is 0 Å². The summed E-state index contributed by atoms with van der Waals surface area (Å²) in [7, 11) is -8.03. The fraction of sp³-hybridized carbons (Fsp3) is 0. The summed E-state index contributed by atoms with van der Waals surface area (Å²) in [5, 5.41) is 0.374. The topological polar surface area (TPSA) is 79.2 Å². The molecule has 6 nitrogen and oxygen atoms in total. The molecule has 0 amide bonds. The first-order valence-electron chi connectivity index (χ1n) is 6.87. The largest absolute Gasteiger partial charge is 0.493 e. The number of hydrogen-bond acceptors (Lipinski definition) is 3. The molecular weight excluding hydrogens is 334 g/mol. The van der Waals surface area contributed by atoms with E-state index in [9.17, 15) is 14.0 Å². The lowest BCUT2D eigenvalue weighted by atomic mass is 10.1. The Morgan fingerprint density at radius 3 is 2.48 bits per heavy atom. The van der Waals surface area contributed by atoms with Crippen LogP contribution < -0.4 is 9.83 Å². The Labute approximate surface area is 132 Å². The number of nitrogens with zero attached hydrogens (tertiary/aromatic N) is 2. The van der Waals surface area contributed by atoms with E-state index < -0.39 is 15.2 Å². The Morgan fingerprint density at radius 1 is 1.00 bits per heavy atom. The van der Waals surface area contributed by atoms with Crippen molar-refractivity contribution in [2.45, 2.75) is 0 Å². The first-order valence-corrected chi connectivity index (χ1v) is 10.0. The van der Waals surface area contributed by atoms with E-state index in [4.69, 9.17) is 4.52 Å². The molecule has 0 spiro atoms. The van der Waals surface area contributed by atoms with Crippen LogP contribution in [0.4, 0.5) is 0 Å². The minimum Gasteiger partial charge on any atom is -0.408 e. The van der Waals surface area contributed by atoms with Crippen LogP contribution in [0.1, 0.15) is 5.56 Å². The van der Waals surface area contributed by atoms with Gasteiger partial charge in [-0.05, 0) is 30.3 Å². The number of allylic oxidation sites excluding steroid dienone is 1. The molecule has 2 aliphatic heterocycles. The minimum absolute atomic E-state index is 0.288. The Kier molecular flexibility index (Phi) is 3.10. The Balaban J connectivity index is 1.97. The standard InChI is InChI=1S/C15H12N2O4P2/c18-22(12-6-2-1-3-7-12)16-11-10-14-13-8-4-5-9-15(13)21-23(19,20)17(14)22/h1-11H,(H,19,20). The minimum atomic E-state index is -4.35. The van der Waals surface area contributed by atoms with Gasteiger partial charge in [0.25, 0.3) is 0 Å². The molecule has 116 valence electrons. The van der Waals surface area contributed by atoms with Gasteiger partial charge in [-0.3, -0.25) is 9.46 Å². The Bertz CT molecular complexity index is 940. The first kappa shape index (κ1) is 14.5. The maximum absolute atomic E-state index is 13.5. The van der Waals surface area contributed by atoms with Crippen LogP contribution in [-0.2, 0) is 9.13 Å². The maximum atomic E-state index is 13.5. The first-order chi connectivity index (χ1) is 11.0. The van der Waals surface area contributed by atoms with Crippen molar-refractivity contribution in [3.05, 3.63) is 66.2 Å². The van der Waals surface area contributed by atoms with Gasteiger partial charge in [-0.2, -0.15) is 4.44 Å². The van der Waals surface area contributed by atoms with Gasteiger partial charge in [-0.15, -0.1) is 0 Å². The van der Waals surface area contributed by atoms with Gasteiger partial charge >= 0.3 is 15.2 Å². The van der Waals surface area contributed by atoms with Crippen molar-refractivity contribution in [1.82, 2.24) is 4.44 Å². The van der Waals surface area contributed by atoms with Crippen molar-refractivity contribution in [1.29, 1.82) is 0 Å². The second kappa shape index (κ2) is 4.93. The van der Waals surface area contributed by atoms with Gasteiger partial charge < -0.3 is 4.52 Å². The van der Waals surface area contributed by atoms with Crippen LogP contribution in [0.15, 0.2) is 65.4 Å². The number of fused-ring (bicyclic) bond motifs is 3. The Morgan fingerprint density at radius 2 is 1.70 bits per heavy atom. The number of rotatable bonds is 1. The van der Waals surface area contributed by atoms with E-state index in [2.05, 4.69) is 4.76 Å². The molecule has 2 atom stereocenters. The monoisotopic (exact) mass is 346 g/mol. The molecule has 4 rings (SSSR count). The second-order valence-corrected chi connectivity index (χ2v) is 9.18. The molecule has 0 bridgehead atoms. The van der Waals surface area contributed by atoms with Crippen molar-refractivity contribution in [3.63, 3.8) is 0 Å². The fourth-order valence-corrected chi connectivity index (χ4v) is 7.11. The molecule has 23 heavy (non-hydrogen) atoms. The van der Waals surface area contributed by atoms with Gasteiger partial charge in [0, 0.05) is 11.8 Å². The van der Waals surface area contributed by atoms with Crippen molar-refractivity contribution >= 4 is 32.4 Å². The van der Waals surface area contributed by atoms with Crippen LogP contribution in [0.5, 0.6) is 5.75 Å². The van der Waals surface area contributed by atoms with Gasteiger partial charge in [0.15, 0.2) is 0 Å². The highest BCUT2D eigenvalue weighted by atomic mass is 31.2. The average Bonchev–Trinajstić information content (AvgIpc) is 2.55. The van der Waals surface area contributed by atoms with Crippen LogP contribution in [0, 0.1) is 0 Å². The maximum Gasteiger partial charge on any atom is 0.493 e. The zero-order chi connectivity index (χ0) is 16.1. The molecule has 2 aromatic carbocycles. The summed E-state index contributed by atoms with van der Waals surface area (Å²) in [6.45, 7) is 0. The smallest absolute Gasteiger partial charge is 0.408 e. The van der Waals surface area contributed by atoms with E-state index in [-0.39, 0.29) is 5.75 Å². The van der Waals surface area contributed by atoms with E-state index in [1.165, 1.54) is 6.21 Å². The molecule has 0 saturated heterocycles. The van der Waals surface area contributed by atoms with Gasteiger partial charge in [-0.1, -0.05) is 30.3 Å².